The van der Waals surface area contributed by atoms with Gasteiger partial charge in [0.05, 0.1) is 13.0 Å². The van der Waals surface area contributed by atoms with Gasteiger partial charge in [-0.15, -0.1) is 0 Å². The minimum Gasteiger partial charge on any atom is -0.493 e. The zero-order chi connectivity index (χ0) is 15.8. The van der Waals surface area contributed by atoms with E-state index >= 15 is 0 Å². The Kier molecular flexibility index (Phi) is 6.72. The topological polar surface area (TPSA) is 66.8 Å². The number of ether oxygens (including phenoxy) is 1. The predicted octanol–water partition coefficient (Wildman–Crippen LogP) is 2.33. The average Bonchev–Trinajstić information content (AvgIpc) is 2.39. The normalized spacial score (nSPS) is 10.5. The molecule has 0 saturated heterocycles. The van der Waals surface area contributed by atoms with Gasteiger partial charge in [-0.1, -0.05) is 32.0 Å². The maximum absolute atomic E-state index is 12.1. The van der Waals surface area contributed by atoms with Crippen LogP contribution >= 0.6 is 0 Å². The lowest BCUT2D eigenvalue weighted by Gasteiger charge is -2.22. The fourth-order valence-corrected chi connectivity index (χ4v) is 1.98. The number of nitrogens with zero attached hydrogens (tertiary/aromatic N) is 1. The summed E-state index contributed by atoms with van der Waals surface area (Å²) in [4.78, 5) is 24.3. The van der Waals surface area contributed by atoms with E-state index in [1.54, 1.807) is 0 Å². The Bertz CT molecular complexity index is 485. The third-order valence-electron chi connectivity index (χ3n) is 2.93. The number of rotatable bonds is 8. The van der Waals surface area contributed by atoms with Crippen LogP contribution < -0.4 is 4.74 Å². The maximum atomic E-state index is 12.1. The number of hydrogen-bond donors (Lipinski definition) is 1. The van der Waals surface area contributed by atoms with Gasteiger partial charge in [-0.3, -0.25) is 9.59 Å². The van der Waals surface area contributed by atoms with Crippen LogP contribution in [0.3, 0.4) is 0 Å². The van der Waals surface area contributed by atoms with E-state index in [1.807, 2.05) is 45.0 Å². The van der Waals surface area contributed by atoms with Crippen LogP contribution in [0.2, 0.25) is 0 Å². The number of para-hydroxylation sites is 1. The van der Waals surface area contributed by atoms with Crippen LogP contribution in [-0.4, -0.2) is 41.6 Å². The molecule has 116 valence electrons. The fraction of sp³-hybridized carbons (Fsp3) is 0.500. The molecule has 0 aliphatic heterocycles. The summed E-state index contributed by atoms with van der Waals surface area (Å²) in [5, 5.41) is 8.86. The van der Waals surface area contributed by atoms with Crippen molar-refractivity contribution in [2.24, 2.45) is 5.92 Å². The van der Waals surface area contributed by atoms with Gasteiger partial charge in [0.2, 0.25) is 5.91 Å². The van der Waals surface area contributed by atoms with Crippen molar-refractivity contribution in [3.05, 3.63) is 29.8 Å². The zero-order valence-electron chi connectivity index (χ0n) is 12.8. The van der Waals surface area contributed by atoms with E-state index in [-0.39, 0.29) is 31.4 Å². The molecule has 0 aromatic heterocycles. The van der Waals surface area contributed by atoms with E-state index in [0.29, 0.717) is 6.54 Å². The van der Waals surface area contributed by atoms with Crippen LogP contribution in [0.1, 0.15) is 25.8 Å². The van der Waals surface area contributed by atoms with E-state index < -0.39 is 5.97 Å². The standard InChI is InChI=1S/C16H23NO4/c1-12(2)10-17(11-16(19)20)15(18)8-9-21-14-7-5-4-6-13(14)3/h4-7,12H,8-11H2,1-3H3,(H,19,20). The summed E-state index contributed by atoms with van der Waals surface area (Å²) >= 11 is 0. The summed E-state index contributed by atoms with van der Waals surface area (Å²) in [7, 11) is 0. The van der Waals surface area contributed by atoms with Gasteiger partial charge in [0, 0.05) is 6.54 Å². The molecule has 0 heterocycles. The molecule has 0 unspecified atom stereocenters. The van der Waals surface area contributed by atoms with E-state index in [4.69, 9.17) is 9.84 Å². The second-order valence-corrected chi connectivity index (χ2v) is 5.43. The molecular weight excluding hydrogens is 270 g/mol. The molecule has 0 atom stereocenters. The summed E-state index contributed by atoms with van der Waals surface area (Å²) in [6.45, 7) is 6.26. The van der Waals surface area contributed by atoms with Gasteiger partial charge in [-0.05, 0) is 24.5 Å². The van der Waals surface area contributed by atoms with Crippen molar-refractivity contribution < 1.29 is 19.4 Å². The van der Waals surface area contributed by atoms with Gasteiger partial charge in [0.25, 0.3) is 0 Å². The van der Waals surface area contributed by atoms with Crippen molar-refractivity contribution >= 4 is 11.9 Å². The van der Waals surface area contributed by atoms with E-state index in [1.165, 1.54) is 4.90 Å². The summed E-state index contributed by atoms with van der Waals surface area (Å²) in [6, 6.07) is 7.58. The summed E-state index contributed by atoms with van der Waals surface area (Å²) in [5.74, 6) is -0.215. The molecule has 1 N–H and O–H groups in total. The van der Waals surface area contributed by atoms with Gasteiger partial charge in [0.1, 0.15) is 12.3 Å². The number of carbonyl (C=O) groups is 2. The molecule has 1 aromatic carbocycles. The average molecular weight is 293 g/mol. The van der Waals surface area contributed by atoms with E-state index in [2.05, 4.69) is 0 Å². The van der Waals surface area contributed by atoms with E-state index in [9.17, 15) is 9.59 Å². The smallest absolute Gasteiger partial charge is 0.323 e. The van der Waals surface area contributed by atoms with Gasteiger partial charge >= 0.3 is 5.97 Å². The fourth-order valence-electron chi connectivity index (χ4n) is 1.98. The number of carbonyl (C=O) groups excluding carboxylic acids is 1. The first kappa shape index (κ1) is 17.0. The minimum atomic E-state index is -0.996. The van der Waals surface area contributed by atoms with Gasteiger partial charge < -0.3 is 14.7 Å². The number of aryl methyl sites for hydroxylation is 1. The first-order chi connectivity index (χ1) is 9.90. The number of aliphatic carboxylic acids is 1. The highest BCUT2D eigenvalue weighted by Gasteiger charge is 2.17. The molecule has 0 radical (unpaired) electrons. The quantitative estimate of drug-likeness (QED) is 0.799. The molecule has 5 heteroatoms. The molecule has 0 aliphatic carbocycles. The number of amides is 1. The highest BCUT2D eigenvalue weighted by atomic mass is 16.5. The predicted molar refractivity (Wildman–Crippen MR) is 80.3 cm³/mol. The number of carboxylic acid groups (broad SMARTS) is 1. The Hall–Kier alpha value is -2.04. The van der Waals surface area contributed by atoms with Gasteiger partial charge in [-0.25, -0.2) is 0 Å². The first-order valence-electron chi connectivity index (χ1n) is 7.08. The molecule has 1 amide bonds. The molecule has 1 rings (SSSR count). The minimum absolute atomic E-state index is 0.175. The third kappa shape index (κ3) is 6.29. The lowest BCUT2D eigenvalue weighted by molar-refractivity contribution is -0.145. The Morgan fingerprint density at radius 1 is 1.29 bits per heavy atom. The molecule has 0 saturated carbocycles. The second kappa shape index (κ2) is 8.29. The Labute approximate surface area is 125 Å². The van der Waals surface area contributed by atoms with Crippen LogP contribution in [0.15, 0.2) is 24.3 Å². The van der Waals surface area contributed by atoms with Crippen LogP contribution in [0, 0.1) is 12.8 Å². The molecule has 0 bridgehead atoms. The Morgan fingerprint density at radius 3 is 2.52 bits per heavy atom. The third-order valence-corrected chi connectivity index (χ3v) is 2.93. The van der Waals surface area contributed by atoms with Crippen molar-refractivity contribution in [1.82, 2.24) is 4.90 Å². The van der Waals surface area contributed by atoms with Gasteiger partial charge in [0.15, 0.2) is 0 Å². The van der Waals surface area contributed by atoms with Crippen LogP contribution in [-0.2, 0) is 9.59 Å². The highest BCUT2D eigenvalue weighted by Crippen LogP contribution is 2.16. The van der Waals surface area contributed by atoms with Crippen LogP contribution in [0.5, 0.6) is 5.75 Å². The van der Waals surface area contributed by atoms with Crippen LogP contribution in [0.25, 0.3) is 0 Å². The monoisotopic (exact) mass is 293 g/mol. The number of hydrogen-bond acceptors (Lipinski definition) is 3. The SMILES string of the molecule is Cc1ccccc1OCCC(=O)N(CC(=O)O)CC(C)C. The van der Waals surface area contributed by atoms with E-state index in [0.717, 1.165) is 11.3 Å². The highest BCUT2D eigenvalue weighted by molar-refractivity contribution is 5.81. The maximum Gasteiger partial charge on any atom is 0.323 e. The lowest BCUT2D eigenvalue weighted by Crippen LogP contribution is -2.38. The molecule has 1 aromatic rings. The first-order valence-corrected chi connectivity index (χ1v) is 7.08. The van der Waals surface area contributed by atoms with Crippen molar-refractivity contribution in [2.75, 3.05) is 19.7 Å². The lowest BCUT2D eigenvalue weighted by atomic mass is 10.2. The number of carboxylic acids is 1. The Morgan fingerprint density at radius 2 is 1.95 bits per heavy atom. The van der Waals surface area contributed by atoms with Crippen molar-refractivity contribution in [3.8, 4) is 5.75 Å². The molecule has 0 fully saturated rings. The molecule has 5 nitrogen and oxygen atoms in total. The van der Waals surface area contributed by atoms with Gasteiger partial charge in [-0.2, -0.15) is 0 Å². The second-order valence-electron chi connectivity index (χ2n) is 5.43. The largest absolute Gasteiger partial charge is 0.493 e. The number of benzene rings is 1. The molecule has 0 spiro atoms. The molecule has 21 heavy (non-hydrogen) atoms. The van der Waals surface area contributed by atoms with Crippen LogP contribution in [0.4, 0.5) is 0 Å². The van der Waals surface area contributed by atoms with Crippen molar-refractivity contribution in [2.45, 2.75) is 27.2 Å². The summed E-state index contributed by atoms with van der Waals surface area (Å²) in [6.07, 6.45) is 0.175. The summed E-state index contributed by atoms with van der Waals surface area (Å²) in [5.41, 5.74) is 1.01. The van der Waals surface area contributed by atoms with Crippen molar-refractivity contribution in [1.29, 1.82) is 0 Å². The Balaban J connectivity index is 2.49. The summed E-state index contributed by atoms with van der Waals surface area (Å²) < 4.78 is 5.57. The zero-order valence-corrected chi connectivity index (χ0v) is 12.8. The van der Waals surface area contributed by atoms with Crippen molar-refractivity contribution in [3.63, 3.8) is 0 Å². The molecule has 0 aliphatic rings. The molecular formula is C16H23NO4.